The molecule has 2 rings (SSSR count). The van der Waals surface area contributed by atoms with Crippen molar-refractivity contribution in [1.82, 2.24) is 4.90 Å². The van der Waals surface area contributed by atoms with Crippen molar-refractivity contribution in [3.8, 4) is 0 Å². The molecule has 0 spiro atoms. The monoisotopic (exact) mass is 219 g/mol. The van der Waals surface area contributed by atoms with Crippen molar-refractivity contribution in [2.24, 2.45) is 11.7 Å². The summed E-state index contributed by atoms with van der Waals surface area (Å²) in [7, 11) is 2.00. The molecule has 0 unspecified atom stereocenters. The third-order valence-corrected chi connectivity index (χ3v) is 3.21. The lowest BCUT2D eigenvalue weighted by atomic mass is 9.88. The van der Waals surface area contributed by atoms with Crippen LogP contribution in [0, 0.1) is 5.92 Å². The third-order valence-electron chi connectivity index (χ3n) is 3.21. The van der Waals surface area contributed by atoms with Crippen LogP contribution in [-0.4, -0.2) is 30.9 Å². The number of likely N-dealkylation sites (N-methyl/N-ethyl adjacent to an activating group) is 1. The molecule has 16 heavy (non-hydrogen) atoms. The number of benzene rings is 1. The maximum atomic E-state index is 11.4. The van der Waals surface area contributed by atoms with E-state index in [-0.39, 0.29) is 17.7 Å². The Hall–Kier alpha value is -1.55. The first-order valence-electron chi connectivity index (χ1n) is 5.41. The zero-order valence-electron chi connectivity index (χ0n) is 9.39. The molecule has 0 saturated carbocycles. The summed E-state index contributed by atoms with van der Waals surface area (Å²) in [5, 5.41) is 0. The van der Waals surface area contributed by atoms with E-state index in [1.165, 1.54) is 0 Å². The van der Waals surface area contributed by atoms with Gasteiger partial charge < -0.3 is 16.4 Å². The first kappa shape index (κ1) is 11.0. The molecule has 1 aromatic rings. The van der Waals surface area contributed by atoms with Crippen LogP contribution in [0.3, 0.4) is 0 Å². The number of rotatable bonds is 2. The van der Waals surface area contributed by atoms with Crippen LogP contribution in [0.4, 0.5) is 5.69 Å². The minimum atomic E-state index is -0.225. The summed E-state index contributed by atoms with van der Waals surface area (Å²) in [6.45, 7) is 1.59. The van der Waals surface area contributed by atoms with Gasteiger partial charge in [0.05, 0.1) is 5.92 Å². The number of anilines is 1. The predicted molar refractivity (Wildman–Crippen MR) is 63.8 cm³/mol. The largest absolute Gasteiger partial charge is 0.399 e. The van der Waals surface area contributed by atoms with Gasteiger partial charge in [-0.25, -0.2) is 0 Å². The summed E-state index contributed by atoms with van der Waals surface area (Å²) in [5.41, 5.74) is 13.0. The number of amides is 1. The highest BCUT2D eigenvalue weighted by Gasteiger charge is 2.35. The van der Waals surface area contributed by atoms with Crippen LogP contribution in [0.2, 0.25) is 0 Å². The standard InChI is InChI=1S/C12H17N3O/c1-15-6-10(11(7-15)12(14)16)8-3-2-4-9(13)5-8/h2-5,10-11H,6-7,13H2,1H3,(H2,14,16)/t10-,11-/m1/s1. The molecule has 1 fully saturated rings. The quantitative estimate of drug-likeness (QED) is 0.707. The normalized spacial score (nSPS) is 25.8. The summed E-state index contributed by atoms with van der Waals surface area (Å²) < 4.78 is 0. The van der Waals surface area contributed by atoms with Crippen molar-refractivity contribution in [2.45, 2.75) is 5.92 Å². The van der Waals surface area contributed by atoms with E-state index in [4.69, 9.17) is 11.5 Å². The van der Waals surface area contributed by atoms with Gasteiger partial charge in [0.1, 0.15) is 0 Å². The van der Waals surface area contributed by atoms with Gasteiger partial charge in [0.2, 0.25) is 5.91 Å². The lowest BCUT2D eigenvalue weighted by Gasteiger charge is -2.16. The van der Waals surface area contributed by atoms with Crippen molar-refractivity contribution in [1.29, 1.82) is 0 Å². The average molecular weight is 219 g/mol. The highest BCUT2D eigenvalue weighted by molar-refractivity contribution is 5.78. The fraction of sp³-hybridized carbons (Fsp3) is 0.417. The highest BCUT2D eigenvalue weighted by atomic mass is 16.1. The fourth-order valence-corrected chi connectivity index (χ4v) is 2.42. The van der Waals surface area contributed by atoms with E-state index in [0.29, 0.717) is 0 Å². The summed E-state index contributed by atoms with van der Waals surface area (Å²) in [4.78, 5) is 13.5. The lowest BCUT2D eigenvalue weighted by Crippen LogP contribution is -2.28. The van der Waals surface area contributed by atoms with Gasteiger partial charge in [-0.15, -0.1) is 0 Å². The Morgan fingerprint density at radius 1 is 1.44 bits per heavy atom. The molecular weight excluding hydrogens is 202 g/mol. The van der Waals surface area contributed by atoms with Crippen LogP contribution < -0.4 is 11.5 Å². The number of carbonyl (C=O) groups is 1. The van der Waals surface area contributed by atoms with E-state index in [2.05, 4.69) is 4.90 Å². The smallest absolute Gasteiger partial charge is 0.222 e. The molecular formula is C12H17N3O. The van der Waals surface area contributed by atoms with Crippen LogP contribution in [0.25, 0.3) is 0 Å². The molecule has 1 amide bonds. The van der Waals surface area contributed by atoms with E-state index >= 15 is 0 Å². The lowest BCUT2D eigenvalue weighted by molar-refractivity contribution is -0.121. The van der Waals surface area contributed by atoms with Crippen LogP contribution >= 0.6 is 0 Å². The van der Waals surface area contributed by atoms with Crippen LogP contribution in [0.15, 0.2) is 24.3 Å². The second-order valence-electron chi connectivity index (χ2n) is 4.51. The third kappa shape index (κ3) is 2.02. The topological polar surface area (TPSA) is 72.3 Å². The number of hydrogen-bond donors (Lipinski definition) is 2. The minimum Gasteiger partial charge on any atom is -0.399 e. The first-order chi connectivity index (χ1) is 7.58. The molecule has 1 aromatic carbocycles. The van der Waals surface area contributed by atoms with Crippen LogP contribution in [-0.2, 0) is 4.79 Å². The summed E-state index contributed by atoms with van der Waals surface area (Å²) in [5.74, 6) is -0.158. The molecule has 4 nitrogen and oxygen atoms in total. The summed E-state index contributed by atoms with van der Waals surface area (Å²) in [6.07, 6.45) is 0. The Morgan fingerprint density at radius 3 is 2.81 bits per heavy atom. The Bertz CT molecular complexity index is 405. The van der Waals surface area contributed by atoms with Crippen molar-refractivity contribution < 1.29 is 4.79 Å². The highest BCUT2D eigenvalue weighted by Crippen LogP contribution is 2.32. The molecule has 1 heterocycles. The number of carbonyl (C=O) groups excluding carboxylic acids is 1. The Balaban J connectivity index is 2.28. The van der Waals surface area contributed by atoms with E-state index < -0.39 is 0 Å². The second kappa shape index (κ2) is 4.14. The SMILES string of the molecule is CN1C[C@H](c2cccc(N)c2)[C@H](C(N)=O)C1. The van der Waals surface area contributed by atoms with Crippen molar-refractivity contribution in [3.63, 3.8) is 0 Å². The zero-order valence-corrected chi connectivity index (χ0v) is 9.39. The van der Waals surface area contributed by atoms with Crippen molar-refractivity contribution >= 4 is 11.6 Å². The van der Waals surface area contributed by atoms with Gasteiger partial charge in [-0.3, -0.25) is 4.79 Å². The molecule has 1 aliphatic rings. The number of primary amides is 1. The maximum absolute atomic E-state index is 11.4. The fourth-order valence-electron chi connectivity index (χ4n) is 2.42. The minimum absolute atomic E-state index is 0.105. The molecule has 1 aliphatic heterocycles. The zero-order chi connectivity index (χ0) is 11.7. The number of hydrogen-bond acceptors (Lipinski definition) is 3. The van der Waals surface area contributed by atoms with Crippen LogP contribution in [0.5, 0.6) is 0 Å². The number of likely N-dealkylation sites (tertiary alicyclic amines) is 1. The summed E-state index contributed by atoms with van der Waals surface area (Å²) >= 11 is 0. The molecule has 0 bridgehead atoms. The maximum Gasteiger partial charge on any atom is 0.222 e. The Morgan fingerprint density at radius 2 is 2.19 bits per heavy atom. The number of nitrogens with two attached hydrogens (primary N) is 2. The molecule has 2 atom stereocenters. The predicted octanol–water partition coefficient (Wildman–Crippen LogP) is 0.399. The van der Waals surface area contributed by atoms with Gasteiger partial charge in [-0.1, -0.05) is 12.1 Å². The van der Waals surface area contributed by atoms with Crippen molar-refractivity contribution in [2.75, 3.05) is 25.9 Å². The second-order valence-corrected chi connectivity index (χ2v) is 4.51. The molecule has 86 valence electrons. The van der Waals surface area contributed by atoms with E-state index in [1.807, 2.05) is 31.3 Å². The number of nitrogen functional groups attached to an aromatic ring is 1. The number of nitrogens with zero attached hydrogens (tertiary/aromatic N) is 1. The molecule has 4 heteroatoms. The van der Waals surface area contributed by atoms with Gasteiger partial charge in [0.15, 0.2) is 0 Å². The first-order valence-corrected chi connectivity index (χ1v) is 5.41. The average Bonchev–Trinajstić information content (AvgIpc) is 2.60. The van der Waals surface area contributed by atoms with E-state index in [9.17, 15) is 4.79 Å². The van der Waals surface area contributed by atoms with E-state index in [1.54, 1.807) is 0 Å². The van der Waals surface area contributed by atoms with E-state index in [0.717, 1.165) is 24.3 Å². The van der Waals surface area contributed by atoms with Gasteiger partial charge in [-0.05, 0) is 24.7 Å². The van der Waals surface area contributed by atoms with Crippen molar-refractivity contribution in [3.05, 3.63) is 29.8 Å². The van der Waals surface area contributed by atoms with Gasteiger partial charge in [0.25, 0.3) is 0 Å². The molecule has 0 aliphatic carbocycles. The Labute approximate surface area is 95.2 Å². The Kier molecular flexibility index (Phi) is 2.83. The molecule has 0 aromatic heterocycles. The van der Waals surface area contributed by atoms with Gasteiger partial charge >= 0.3 is 0 Å². The van der Waals surface area contributed by atoms with Crippen LogP contribution in [0.1, 0.15) is 11.5 Å². The molecule has 4 N–H and O–H groups in total. The van der Waals surface area contributed by atoms with Gasteiger partial charge in [-0.2, -0.15) is 0 Å². The summed E-state index contributed by atoms with van der Waals surface area (Å²) in [6, 6.07) is 7.71. The molecule has 1 saturated heterocycles. The van der Waals surface area contributed by atoms with Gasteiger partial charge in [0, 0.05) is 24.7 Å². The molecule has 0 radical (unpaired) electrons.